The van der Waals surface area contributed by atoms with Crippen molar-refractivity contribution in [1.29, 1.82) is 0 Å². The molecule has 1 N–H and O–H groups in total. The highest BCUT2D eigenvalue weighted by molar-refractivity contribution is 5.57. The van der Waals surface area contributed by atoms with E-state index < -0.39 is 0 Å². The highest BCUT2D eigenvalue weighted by Crippen LogP contribution is 2.21. The van der Waals surface area contributed by atoms with Gasteiger partial charge in [0.2, 0.25) is 0 Å². The molecule has 1 aliphatic heterocycles. The minimum absolute atomic E-state index is 0.553. The molecule has 2 heterocycles. The average molecular weight is 296 g/mol. The second-order valence-corrected chi connectivity index (χ2v) is 6.23. The van der Waals surface area contributed by atoms with E-state index in [1.54, 1.807) is 0 Å². The zero-order valence-electron chi connectivity index (χ0n) is 13.4. The molecule has 0 radical (unpaired) electrons. The molecule has 0 aliphatic carbocycles. The second kappa shape index (κ2) is 6.77. The number of aromatic nitrogens is 2. The van der Waals surface area contributed by atoms with Crippen molar-refractivity contribution < 1.29 is 0 Å². The van der Waals surface area contributed by atoms with Crippen LogP contribution < -0.4 is 10.2 Å². The van der Waals surface area contributed by atoms with Gasteiger partial charge in [-0.15, -0.1) is 10.2 Å². The molecule has 0 bridgehead atoms. The van der Waals surface area contributed by atoms with Crippen LogP contribution in [0.5, 0.6) is 0 Å². The lowest BCUT2D eigenvalue weighted by molar-refractivity contribution is 0.571. The van der Waals surface area contributed by atoms with Crippen LogP contribution in [-0.4, -0.2) is 23.3 Å². The summed E-state index contributed by atoms with van der Waals surface area (Å²) in [6, 6.07) is 12.6. The van der Waals surface area contributed by atoms with Crippen molar-refractivity contribution in [3.63, 3.8) is 0 Å². The largest absolute Gasteiger partial charge is 0.355 e. The predicted octanol–water partition coefficient (Wildman–Crippen LogP) is 4.33. The van der Waals surface area contributed by atoms with Gasteiger partial charge in [-0.2, -0.15) is 0 Å². The maximum atomic E-state index is 4.36. The van der Waals surface area contributed by atoms with Gasteiger partial charge in [-0.05, 0) is 55.0 Å². The summed E-state index contributed by atoms with van der Waals surface area (Å²) >= 11 is 0. The molecular formula is C18H24N4. The lowest BCUT2D eigenvalue weighted by Gasteiger charge is -2.27. The Labute approximate surface area is 132 Å². The fourth-order valence-corrected chi connectivity index (χ4v) is 2.78. The highest BCUT2D eigenvalue weighted by Gasteiger charge is 2.12. The second-order valence-electron chi connectivity index (χ2n) is 6.23. The van der Waals surface area contributed by atoms with E-state index in [9.17, 15) is 0 Å². The number of piperidine rings is 1. The first kappa shape index (κ1) is 14.8. The first-order valence-electron chi connectivity index (χ1n) is 8.18. The normalized spacial score (nSPS) is 15.1. The maximum Gasteiger partial charge on any atom is 0.153 e. The third-order valence-corrected chi connectivity index (χ3v) is 4.18. The van der Waals surface area contributed by atoms with Crippen molar-refractivity contribution in [3.05, 3.63) is 42.0 Å². The first-order valence-corrected chi connectivity index (χ1v) is 8.18. The molecule has 1 aromatic carbocycles. The van der Waals surface area contributed by atoms with Crippen LogP contribution in [0, 0.1) is 0 Å². The van der Waals surface area contributed by atoms with Crippen molar-refractivity contribution in [2.75, 3.05) is 23.3 Å². The molecule has 1 saturated heterocycles. The van der Waals surface area contributed by atoms with Crippen molar-refractivity contribution in [1.82, 2.24) is 10.2 Å². The van der Waals surface area contributed by atoms with Crippen molar-refractivity contribution >= 4 is 17.3 Å². The summed E-state index contributed by atoms with van der Waals surface area (Å²) in [6.45, 7) is 6.59. The lowest BCUT2D eigenvalue weighted by atomic mass is 10.0. The molecule has 0 atom stereocenters. The number of rotatable bonds is 4. The van der Waals surface area contributed by atoms with Gasteiger partial charge in [-0.3, -0.25) is 0 Å². The Morgan fingerprint density at radius 3 is 2.23 bits per heavy atom. The summed E-state index contributed by atoms with van der Waals surface area (Å²) < 4.78 is 0. The molecule has 1 fully saturated rings. The van der Waals surface area contributed by atoms with Crippen LogP contribution in [0.1, 0.15) is 44.6 Å². The van der Waals surface area contributed by atoms with Crippen LogP contribution in [0.25, 0.3) is 0 Å². The summed E-state index contributed by atoms with van der Waals surface area (Å²) in [5, 5.41) is 12.0. The van der Waals surface area contributed by atoms with E-state index in [-0.39, 0.29) is 0 Å². The molecule has 1 aromatic heterocycles. The van der Waals surface area contributed by atoms with Gasteiger partial charge in [0.25, 0.3) is 0 Å². The van der Waals surface area contributed by atoms with E-state index in [1.807, 2.05) is 6.07 Å². The third kappa shape index (κ3) is 3.56. The topological polar surface area (TPSA) is 41.0 Å². The molecule has 22 heavy (non-hydrogen) atoms. The molecule has 2 aromatic rings. The SMILES string of the molecule is CC(C)c1ccc(Nc2ccc(N3CCCCC3)nn2)cc1. The predicted molar refractivity (Wildman–Crippen MR) is 91.9 cm³/mol. The van der Waals surface area contributed by atoms with Crippen LogP contribution in [-0.2, 0) is 0 Å². The summed E-state index contributed by atoms with van der Waals surface area (Å²) in [5.74, 6) is 2.33. The monoisotopic (exact) mass is 296 g/mol. The standard InChI is InChI=1S/C18H24N4/c1-14(2)15-6-8-16(9-7-15)19-17-10-11-18(21-20-17)22-12-4-3-5-13-22/h6-11,14H,3-5,12-13H2,1-2H3,(H,19,20). The van der Waals surface area contributed by atoms with Crippen molar-refractivity contribution in [2.24, 2.45) is 0 Å². The number of benzene rings is 1. The maximum absolute atomic E-state index is 4.36. The van der Waals surface area contributed by atoms with Crippen LogP contribution >= 0.6 is 0 Å². The molecule has 3 rings (SSSR count). The average Bonchev–Trinajstić information content (AvgIpc) is 2.57. The Bertz CT molecular complexity index is 583. The molecule has 116 valence electrons. The Morgan fingerprint density at radius 1 is 0.909 bits per heavy atom. The summed E-state index contributed by atoms with van der Waals surface area (Å²) in [6.07, 6.45) is 3.84. The van der Waals surface area contributed by atoms with Crippen molar-refractivity contribution in [3.8, 4) is 0 Å². The molecular weight excluding hydrogens is 272 g/mol. The van der Waals surface area contributed by atoms with E-state index in [1.165, 1.54) is 24.8 Å². The minimum Gasteiger partial charge on any atom is -0.355 e. The zero-order chi connectivity index (χ0) is 15.4. The molecule has 4 heteroatoms. The van der Waals surface area contributed by atoms with Crippen molar-refractivity contribution in [2.45, 2.75) is 39.0 Å². The van der Waals surface area contributed by atoms with Gasteiger partial charge in [0.1, 0.15) is 0 Å². The van der Waals surface area contributed by atoms with Gasteiger partial charge in [0.05, 0.1) is 0 Å². The molecule has 0 unspecified atom stereocenters. The Balaban J connectivity index is 1.65. The van der Waals surface area contributed by atoms with E-state index in [4.69, 9.17) is 0 Å². The number of anilines is 3. The third-order valence-electron chi connectivity index (χ3n) is 4.18. The van der Waals surface area contributed by atoms with Crippen LogP contribution in [0.2, 0.25) is 0 Å². The number of hydrogen-bond acceptors (Lipinski definition) is 4. The summed E-state index contributed by atoms with van der Waals surface area (Å²) in [5.41, 5.74) is 2.39. The van der Waals surface area contributed by atoms with Gasteiger partial charge >= 0.3 is 0 Å². The Kier molecular flexibility index (Phi) is 4.56. The Hall–Kier alpha value is -2.10. The quantitative estimate of drug-likeness (QED) is 0.911. The number of hydrogen-bond donors (Lipinski definition) is 1. The summed E-state index contributed by atoms with van der Waals surface area (Å²) in [4.78, 5) is 2.32. The highest BCUT2D eigenvalue weighted by atomic mass is 15.3. The number of nitrogens with one attached hydrogen (secondary N) is 1. The smallest absolute Gasteiger partial charge is 0.153 e. The van der Waals surface area contributed by atoms with Crippen LogP contribution in [0.3, 0.4) is 0 Å². The Morgan fingerprint density at radius 2 is 1.64 bits per heavy atom. The molecule has 0 saturated carbocycles. The lowest BCUT2D eigenvalue weighted by Crippen LogP contribution is -2.30. The van der Waals surface area contributed by atoms with Crippen LogP contribution in [0.4, 0.5) is 17.3 Å². The van der Waals surface area contributed by atoms with E-state index in [0.29, 0.717) is 5.92 Å². The van der Waals surface area contributed by atoms with E-state index >= 15 is 0 Å². The molecule has 0 spiro atoms. The fraction of sp³-hybridized carbons (Fsp3) is 0.444. The zero-order valence-corrected chi connectivity index (χ0v) is 13.4. The van der Waals surface area contributed by atoms with Gasteiger partial charge in [-0.25, -0.2) is 0 Å². The van der Waals surface area contributed by atoms with E-state index in [2.05, 4.69) is 64.6 Å². The van der Waals surface area contributed by atoms with E-state index in [0.717, 1.165) is 30.4 Å². The molecule has 0 amide bonds. The molecule has 4 nitrogen and oxygen atoms in total. The van der Waals surface area contributed by atoms with Gasteiger partial charge in [-0.1, -0.05) is 26.0 Å². The molecule has 1 aliphatic rings. The van der Waals surface area contributed by atoms with Crippen LogP contribution in [0.15, 0.2) is 36.4 Å². The van der Waals surface area contributed by atoms with Gasteiger partial charge < -0.3 is 10.2 Å². The minimum atomic E-state index is 0.553. The summed E-state index contributed by atoms with van der Waals surface area (Å²) in [7, 11) is 0. The van der Waals surface area contributed by atoms with Gasteiger partial charge in [0, 0.05) is 18.8 Å². The first-order chi connectivity index (χ1) is 10.7. The number of nitrogens with zero attached hydrogens (tertiary/aromatic N) is 3. The van der Waals surface area contributed by atoms with Gasteiger partial charge in [0.15, 0.2) is 11.6 Å². The fourth-order valence-electron chi connectivity index (χ4n) is 2.78.